The summed E-state index contributed by atoms with van der Waals surface area (Å²) in [5.41, 5.74) is 4.78. The summed E-state index contributed by atoms with van der Waals surface area (Å²) in [6, 6.07) is 13.5. The summed E-state index contributed by atoms with van der Waals surface area (Å²) in [6.45, 7) is 8.35. The quantitative estimate of drug-likeness (QED) is 0.916. The van der Waals surface area contributed by atoms with Crippen LogP contribution in [0, 0.1) is 20.8 Å². The van der Waals surface area contributed by atoms with Crippen molar-refractivity contribution in [3.05, 3.63) is 64.7 Å². The second kappa shape index (κ2) is 7.77. The third-order valence-electron chi connectivity index (χ3n) is 3.97. The highest BCUT2D eigenvalue weighted by molar-refractivity contribution is 5.95. The molecule has 0 aliphatic carbocycles. The van der Waals surface area contributed by atoms with E-state index in [2.05, 4.69) is 5.32 Å². The summed E-state index contributed by atoms with van der Waals surface area (Å²) >= 11 is 0. The van der Waals surface area contributed by atoms with Crippen LogP contribution in [-0.4, -0.2) is 24.9 Å². The number of carbonyl (C=O) groups excluding carboxylic acids is 2. The van der Waals surface area contributed by atoms with Crippen LogP contribution in [0.4, 0.5) is 5.69 Å². The zero-order valence-corrected chi connectivity index (χ0v) is 14.7. The summed E-state index contributed by atoms with van der Waals surface area (Å²) in [5, 5.41) is 2.87. The minimum Gasteiger partial charge on any atom is -0.350 e. The molecule has 1 N–H and O–H groups in total. The molecule has 2 amide bonds. The second-order valence-electron chi connectivity index (χ2n) is 6.08. The van der Waals surface area contributed by atoms with Gasteiger partial charge in [0.05, 0.1) is 0 Å². The van der Waals surface area contributed by atoms with E-state index >= 15 is 0 Å². The van der Waals surface area contributed by atoms with Crippen molar-refractivity contribution in [3.63, 3.8) is 0 Å². The Labute approximate surface area is 143 Å². The molecule has 0 saturated heterocycles. The van der Waals surface area contributed by atoms with E-state index in [4.69, 9.17) is 0 Å². The standard InChI is InChI=1S/C20H24N2O2/c1-14-6-9-18(10-7-14)20(24)21-11-12-22(17(4)23)19-13-15(2)5-8-16(19)3/h5-10,13H,11-12H2,1-4H3,(H,21,24). The molecule has 0 bridgehead atoms. The molecule has 2 rings (SSSR count). The maximum atomic E-state index is 12.2. The van der Waals surface area contributed by atoms with Gasteiger partial charge in [-0.15, -0.1) is 0 Å². The van der Waals surface area contributed by atoms with Crippen LogP contribution in [0.15, 0.2) is 42.5 Å². The van der Waals surface area contributed by atoms with E-state index in [1.807, 2.05) is 51.1 Å². The Morgan fingerprint density at radius 3 is 2.21 bits per heavy atom. The van der Waals surface area contributed by atoms with Crippen molar-refractivity contribution in [2.75, 3.05) is 18.0 Å². The van der Waals surface area contributed by atoms with Gasteiger partial charge in [0.15, 0.2) is 0 Å². The Bertz CT molecular complexity index is 736. The van der Waals surface area contributed by atoms with E-state index in [1.54, 1.807) is 24.0 Å². The minimum atomic E-state index is -0.125. The number of nitrogens with one attached hydrogen (secondary N) is 1. The van der Waals surface area contributed by atoms with Crippen molar-refractivity contribution in [2.24, 2.45) is 0 Å². The predicted octanol–water partition coefficient (Wildman–Crippen LogP) is 3.39. The van der Waals surface area contributed by atoms with E-state index in [0.717, 1.165) is 22.4 Å². The van der Waals surface area contributed by atoms with Crippen molar-refractivity contribution in [1.82, 2.24) is 5.32 Å². The van der Waals surface area contributed by atoms with E-state index < -0.39 is 0 Å². The third-order valence-corrected chi connectivity index (χ3v) is 3.97. The highest BCUT2D eigenvalue weighted by Crippen LogP contribution is 2.21. The first-order chi connectivity index (χ1) is 11.4. The fourth-order valence-corrected chi connectivity index (χ4v) is 2.55. The van der Waals surface area contributed by atoms with Crippen LogP contribution >= 0.6 is 0 Å². The SMILES string of the molecule is CC(=O)N(CCNC(=O)c1ccc(C)cc1)c1cc(C)ccc1C. The molecule has 0 aliphatic rings. The number of benzene rings is 2. The van der Waals surface area contributed by atoms with Gasteiger partial charge in [-0.1, -0.05) is 29.8 Å². The van der Waals surface area contributed by atoms with Crippen molar-refractivity contribution in [2.45, 2.75) is 27.7 Å². The number of amides is 2. The van der Waals surface area contributed by atoms with Crippen LogP contribution in [0.5, 0.6) is 0 Å². The lowest BCUT2D eigenvalue weighted by Gasteiger charge is -2.23. The van der Waals surface area contributed by atoms with Crippen molar-refractivity contribution in [1.29, 1.82) is 0 Å². The number of hydrogen-bond donors (Lipinski definition) is 1. The van der Waals surface area contributed by atoms with E-state index in [1.165, 1.54) is 0 Å². The van der Waals surface area contributed by atoms with Gasteiger partial charge in [0.2, 0.25) is 5.91 Å². The molecule has 0 spiro atoms. The van der Waals surface area contributed by atoms with E-state index in [0.29, 0.717) is 18.7 Å². The fraction of sp³-hybridized carbons (Fsp3) is 0.300. The predicted molar refractivity (Wildman–Crippen MR) is 97.5 cm³/mol. The van der Waals surface area contributed by atoms with Crippen LogP contribution in [-0.2, 0) is 4.79 Å². The molecule has 0 saturated carbocycles. The number of hydrogen-bond acceptors (Lipinski definition) is 2. The number of aryl methyl sites for hydroxylation is 3. The first kappa shape index (κ1) is 17.7. The number of nitrogens with zero attached hydrogens (tertiary/aromatic N) is 1. The Balaban J connectivity index is 2.02. The molecule has 24 heavy (non-hydrogen) atoms. The lowest BCUT2D eigenvalue weighted by molar-refractivity contribution is -0.116. The van der Waals surface area contributed by atoms with Gasteiger partial charge < -0.3 is 10.2 Å². The van der Waals surface area contributed by atoms with Gasteiger partial charge >= 0.3 is 0 Å². The molecule has 2 aromatic rings. The Hall–Kier alpha value is -2.62. The van der Waals surface area contributed by atoms with Crippen LogP contribution in [0.2, 0.25) is 0 Å². The van der Waals surface area contributed by atoms with Crippen LogP contribution in [0.1, 0.15) is 34.0 Å². The smallest absolute Gasteiger partial charge is 0.251 e. The van der Waals surface area contributed by atoms with Gasteiger partial charge in [-0.25, -0.2) is 0 Å². The topological polar surface area (TPSA) is 49.4 Å². The zero-order valence-electron chi connectivity index (χ0n) is 14.7. The normalized spacial score (nSPS) is 10.3. The summed E-state index contributed by atoms with van der Waals surface area (Å²) < 4.78 is 0. The fourth-order valence-electron chi connectivity index (χ4n) is 2.55. The highest BCUT2D eigenvalue weighted by atomic mass is 16.2. The van der Waals surface area contributed by atoms with Crippen LogP contribution in [0.3, 0.4) is 0 Å². The summed E-state index contributed by atoms with van der Waals surface area (Å²) in [4.78, 5) is 25.9. The molecule has 0 atom stereocenters. The average Bonchev–Trinajstić information content (AvgIpc) is 2.54. The summed E-state index contributed by atoms with van der Waals surface area (Å²) in [5.74, 6) is -0.159. The van der Waals surface area contributed by atoms with Gasteiger partial charge in [-0.05, 0) is 50.1 Å². The van der Waals surface area contributed by atoms with Gasteiger partial charge in [0.1, 0.15) is 0 Å². The maximum absolute atomic E-state index is 12.2. The highest BCUT2D eigenvalue weighted by Gasteiger charge is 2.14. The third kappa shape index (κ3) is 4.44. The average molecular weight is 324 g/mol. The van der Waals surface area contributed by atoms with Gasteiger partial charge in [-0.3, -0.25) is 9.59 Å². The van der Waals surface area contributed by atoms with Gasteiger partial charge in [0, 0.05) is 31.3 Å². The Morgan fingerprint density at radius 1 is 0.958 bits per heavy atom. The van der Waals surface area contributed by atoms with Gasteiger partial charge in [-0.2, -0.15) is 0 Å². The molecule has 0 heterocycles. The number of rotatable bonds is 5. The molecule has 126 valence electrons. The lowest BCUT2D eigenvalue weighted by Crippen LogP contribution is -2.38. The first-order valence-electron chi connectivity index (χ1n) is 8.08. The molecule has 0 radical (unpaired) electrons. The van der Waals surface area contributed by atoms with Crippen molar-refractivity contribution < 1.29 is 9.59 Å². The summed E-state index contributed by atoms with van der Waals surface area (Å²) in [6.07, 6.45) is 0. The van der Waals surface area contributed by atoms with E-state index in [9.17, 15) is 9.59 Å². The molecule has 2 aromatic carbocycles. The maximum Gasteiger partial charge on any atom is 0.251 e. The molecule has 4 heteroatoms. The van der Waals surface area contributed by atoms with E-state index in [-0.39, 0.29) is 11.8 Å². The van der Waals surface area contributed by atoms with Crippen molar-refractivity contribution in [3.8, 4) is 0 Å². The Kier molecular flexibility index (Phi) is 5.74. The van der Waals surface area contributed by atoms with Crippen molar-refractivity contribution >= 4 is 17.5 Å². The first-order valence-corrected chi connectivity index (χ1v) is 8.08. The molecule has 4 nitrogen and oxygen atoms in total. The molecule has 0 fully saturated rings. The molecule has 0 aliphatic heterocycles. The zero-order chi connectivity index (χ0) is 17.7. The molecular formula is C20H24N2O2. The van der Waals surface area contributed by atoms with Gasteiger partial charge in [0.25, 0.3) is 5.91 Å². The lowest BCUT2D eigenvalue weighted by atomic mass is 10.1. The second-order valence-corrected chi connectivity index (χ2v) is 6.08. The minimum absolute atomic E-state index is 0.0340. The number of carbonyl (C=O) groups is 2. The molecular weight excluding hydrogens is 300 g/mol. The molecule has 0 aromatic heterocycles. The van der Waals surface area contributed by atoms with Crippen LogP contribution in [0.25, 0.3) is 0 Å². The largest absolute Gasteiger partial charge is 0.350 e. The summed E-state index contributed by atoms with van der Waals surface area (Å²) in [7, 11) is 0. The monoisotopic (exact) mass is 324 g/mol. The molecule has 0 unspecified atom stereocenters. The van der Waals surface area contributed by atoms with Crippen LogP contribution < -0.4 is 10.2 Å². The Morgan fingerprint density at radius 2 is 1.58 bits per heavy atom. The number of anilines is 1.